The van der Waals surface area contributed by atoms with E-state index in [9.17, 15) is 0 Å². The molecule has 14 heavy (non-hydrogen) atoms. The van der Waals surface area contributed by atoms with Gasteiger partial charge in [-0.05, 0) is 37.2 Å². The molecule has 0 spiro atoms. The van der Waals surface area contributed by atoms with E-state index in [2.05, 4.69) is 14.8 Å². The Hall–Kier alpha value is -0.290. The number of H-pyrrole nitrogens is 1. The van der Waals surface area contributed by atoms with Gasteiger partial charge in [0.05, 0.1) is 0 Å². The standard InChI is InChI=1S/C9H13N3S2/c13-9-11-10-8(6-3-4-14-5-6)12(9)7-1-2-7/h6-7H,1-5H2,(H,11,13). The number of aromatic amines is 1. The maximum absolute atomic E-state index is 5.26. The fourth-order valence-electron chi connectivity index (χ4n) is 2.03. The summed E-state index contributed by atoms with van der Waals surface area (Å²) in [6.45, 7) is 0. The van der Waals surface area contributed by atoms with Crippen LogP contribution in [0.5, 0.6) is 0 Å². The van der Waals surface area contributed by atoms with E-state index >= 15 is 0 Å². The number of rotatable bonds is 2. The van der Waals surface area contributed by atoms with Crippen LogP contribution in [-0.2, 0) is 0 Å². The first-order chi connectivity index (χ1) is 6.86. The van der Waals surface area contributed by atoms with Gasteiger partial charge in [0, 0.05) is 17.7 Å². The molecule has 3 nitrogen and oxygen atoms in total. The Morgan fingerprint density at radius 1 is 1.43 bits per heavy atom. The summed E-state index contributed by atoms with van der Waals surface area (Å²) in [4.78, 5) is 0. The zero-order valence-electron chi connectivity index (χ0n) is 7.90. The number of nitrogens with zero attached hydrogens (tertiary/aromatic N) is 2. The molecule has 1 aliphatic carbocycles. The predicted molar refractivity (Wildman–Crippen MR) is 60.4 cm³/mol. The average Bonchev–Trinajstić information content (AvgIpc) is 2.75. The third-order valence-corrected chi connectivity index (χ3v) is 4.39. The zero-order valence-corrected chi connectivity index (χ0v) is 9.53. The summed E-state index contributed by atoms with van der Waals surface area (Å²) in [5, 5.41) is 7.33. The van der Waals surface area contributed by atoms with E-state index < -0.39 is 0 Å². The van der Waals surface area contributed by atoms with Crippen molar-refractivity contribution >= 4 is 24.0 Å². The van der Waals surface area contributed by atoms with Crippen molar-refractivity contribution in [3.8, 4) is 0 Å². The Morgan fingerprint density at radius 2 is 2.29 bits per heavy atom. The minimum Gasteiger partial charge on any atom is -0.301 e. The van der Waals surface area contributed by atoms with E-state index in [0.29, 0.717) is 12.0 Å². The van der Waals surface area contributed by atoms with Crippen LogP contribution in [0.2, 0.25) is 0 Å². The first-order valence-corrected chi connectivity index (χ1v) is 6.67. The Balaban J connectivity index is 1.99. The molecule has 1 atom stereocenters. The van der Waals surface area contributed by atoms with Crippen LogP contribution < -0.4 is 0 Å². The number of hydrogen-bond acceptors (Lipinski definition) is 3. The van der Waals surface area contributed by atoms with E-state index in [1.54, 1.807) is 0 Å². The van der Waals surface area contributed by atoms with Crippen molar-refractivity contribution in [2.24, 2.45) is 0 Å². The summed E-state index contributed by atoms with van der Waals surface area (Å²) in [7, 11) is 0. The Bertz CT molecular complexity index is 385. The topological polar surface area (TPSA) is 33.6 Å². The molecule has 1 aromatic heterocycles. The highest BCUT2D eigenvalue weighted by atomic mass is 32.2. The van der Waals surface area contributed by atoms with Crippen LogP contribution >= 0.6 is 24.0 Å². The average molecular weight is 227 g/mol. The molecule has 0 bridgehead atoms. The molecule has 1 saturated carbocycles. The third kappa shape index (κ3) is 1.42. The Labute approximate surface area is 92.3 Å². The molecule has 1 aromatic rings. The molecule has 5 heteroatoms. The van der Waals surface area contributed by atoms with Crippen LogP contribution in [0.3, 0.4) is 0 Å². The van der Waals surface area contributed by atoms with Crippen molar-refractivity contribution in [3.05, 3.63) is 10.6 Å². The lowest BCUT2D eigenvalue weighted by Crippen LogP contribution is -2.07. The van der Waals surface area contributed by atoms with Crippen molar-refractivity contribution in [1.29, 1.82) is 0 Å². The molecule has 1 unspecified atom stereocenters. The van der Waals surface area contributed by atoms with Crippen LogP contribution in [0.15, 0.2) is 0 Å². The SMILES string of the molecule is S=c1[nH]nc(C2CCSC2)n1C1CC1. The highest BCUT2D eigenvalue weighted by molar-refractivity contribution is 7.99. The summed E-state index contributed by atoms with van der Waals surface area (Å²) < 4.78 is 3.07. The van der Waals surface area contributed by atoms with E-state index in [1.165, 1.54) is 36.6 Å². The molecule has 1 aliphatic heterocycles. The quantitative estimate of drug-likeness (QED) is 0.788. The second-order valence-electron chi connectivity index (χ2n) is 4.05. The van der Waals surface area contributed by atoms with Gasteiger partial charge in [-0.1, -0.05) is 0 Å². The van der Waals surface area contributed by atoms with Gasteiger partial charge in [-0.2, -0.15) is 16.9 Å². The molecule has 1 N–H and O–H groups in total. The summed E-state index contributed by atoms with van der Waals surface area (Å²) in [5.74, 6) is 4.33. The molecular weight excluding hydrogens is 214 g/mol. The van der Waals surface area contributed by atoms with E-state index in [0.717, 1.165) is 4.77 Å². The summed E-state index contributed by atoms with van der Waals surface area (Å²) >= 11 is 7.29. The van der Waals surface area contributed by atoms with Crippen molar-refractivity contribution in [2.75, 3.05) is 11.5 Å². The van der Waals surface area contributed by atoms with Crippen LogP contribution in [0.4, 0.5) is 0 Å². The van der Waals surface area contributed by atoms with Crippen molar-refractivity contribution < 1.29 is 0 Å². The smallest absolute Gasteiger partial charge is 0.195 e. The monoisotopic (exact) mass is 227 g/mol. The number of thioether (sulfide) groups is 1. The van der Waals surface area contributed by atoms with Gasteiger partial charge in [0.1, 0.15) is 5.82 Å². The molecule has 0 radical (unpaired) electrons. The van der Waals surface area contributed by atoms with Crippen LogP contribution in [0, 0.1) is 4.77 Å². The first-order valence-electron chi connectivity index (χ1n) is 5.11. The number of hydrogen-bond donors (Lipinski definition) is 1. The number of aromatic nitrogens is 3. The molecule has 3 rings (SSSR count). The number of nitrogens with one attached hydrogen (secondary N) is 1. The summed E-state index contributed by atoms with van der Waals surface area (Å²) in [5.41, 5.74) is 0. The van der Waals surface area contributed by atoms with Crippen molar-refractivity contribution in [3.63, 3.8) is 0 Å². The Morgan fingerprint density at radius 3 is 2.93 bits per heavy atom. The molecule has 0 amide bonds. The lowest BCUT2D eigenvalue weighted by molar-refractivity contribution is 0.614. The molecule has 0 aromatic carbocycles. The molecule has 2 heterocycles. The summed E-state index contributed by atoms with van der Waals surface area (Å²) in [6, 6.07) is 0.654. The van der Waals surface area contributed by atoms with Gasteiger partial charge in [0.25, 0.3) is 0 Å². The second-order valence-corrected chi connectivity index (χ2v) is 5.59. The molecule has 2 fully saturated rings. The van der Waals surface area contributed by atoms with Gasteiger partial charge in [-0.25, -0.2) is 0 Å². The first kappa shape index (κ1) is 8.97. The highest BCUT2D eigenvalue weighted by Gasteiger charge is 2.31. The summed E-state index contributed by atoms with van der Waals surface area (Å²) in [6.07, 6.45) is 3.82. The fourth-order valence-corrected chi connectivity index (χ4v) is 3.53. The highest BCUT2D eigenvalue weighted by Crippen LogP contribution is 2.39. The van der Waals surface area contributed by atoms with E-state index in [1.807, 2.05) is 11.8 Å². The normalized spacial score (nSPS) is 27.0. The minimum atomic E-state index is 0.633. The van der Waals surface area contributed by atoms with Crippen molar-refractivity contribution in [1.82, 2.24) is 14.8 Å². The lowest BCUT2D eigenvalue weighted by Gasteiger charge is -2.09. The van der Waals surface area contributed by atoms with Gasteiger partial charge >= 0.3 is 0 Å². The van der Waals surface area contributed by atoms with E-state index in [-0.39, 0.29) is 0 Å². The minimum absolute atomic E-state index is 0.633. The van der Waals surface area contributed by atoms with Gasteiger partial charge in [-0.3, -0.25) is 5.10 Å². The molecule has 2 aliphatic rings. The Kier molecular flexibility index (Phi) is 2.17. The second kappa shape index (κ2) is 3.38. The maximum atomic E-state index is 5.26. The fraction of sp³-hybridized carbons (Fsp3) is 0.778. The van der Waals surface area contributed by atoms with E-state index in [4.69, 9.17) is 12.2 Å². The van der Waals surface area contributed by atoms with Crippen LogP contribution in [0.1, 0.15) is 37.0 Å². The molecular formula is C9H13N3S2. The maximum Gasteiger partial charge on any atom is 0.195 e. The third-order valence-electron chi connectivity index (χ3n) is 2.94. The van der Waals surface area contributed by atoms with Crippen LogP contribution in [0.25, 0.3) is 0 Å². The largest absolute Gasteiger partial charge is 0.301 e. The lowest BCUT2D eigenvalue weighted by atomic mass is 10.1. The van der Waals surface area contributed by atoms with Crippen molar-refractivity contribution in [2.45, 2.75) is 31.2 Å². The van der Waals surface area contributed by atoms with Gasteiger partial charge in [-0.15, -0.1) is 0 Å². The van der Waals surface area contributed by atoms with Gasteiger partial charge < -0.3 is 4.57 Å². The van der Waals surface area contributed by atoms with Gasteiger partial charge in [0.15, 0.2) is 4.77 Å². The molecule has 76 valence electrons. The molecule has 1 saturated heterocycles. The van der Waals surface area contributed by atoms with Gasteiger partial charge in [0.2, 0.25) is 0 Å². The predicted octanol–water partition coefficient (Wildman–Crippen LogP) is 2.50. The van der Waals surface area contributed by atoms with Crippen LogP contribution in [-0.4, -0.2) is 26.3 Å². The zero-order chi connectivity index (χ0) is 9.54.